The van der Waals surface area contributed by atoms with E-state index in [0.717, 1.165) is 10.9 Å². The van der Waals surface area contributed by atoms with Crippen LogP contribution in [0.15, 0.2) is 22.7 Å². The minimum Gasteiger partial charge on any atom is -0.397 e. The van der Waals surface area contributed by atoms with E-state index in [-0.39, 0.29) is 5.91 Å². The van der Waals surface area contributed by atoms with Crippen molar-refractivity contribution in [1.29, 1.82) is 0 Å². The first-order valence-corrected chi connectivity index (χ1v) is 5.28. The van der Waals surface area contributed by atoms with Gasteiger partial charge in [-0.2, -0.15) is 0 Å². The Labute approximate surface area is 91.8 Å². The Morgan fingerprint density at radius 2 is 2.29 bits per heavy atom. The van der Waals surface area contributed by atoms with Crippen molar-refractivity contribution in [2.75, 3.05) is 12.3 Å². The summed E-state index contributed by atoms with van der Waals surface area (Å²) in [5, 5.41) is 2.78. The lowest BCUT2D eigenvalue weighted by Gasteiger charge is -2.07. The van der Waals surface area contributed by atoms with E-state index in [0.29, 0.717) is 17.8 Å². The number of hydrogen-bond acceptors (Lipinski definition) is 2. The zero-order valence-electron chi connectivity index (χ0n) is 8.01. The van der Waals surface area contributed by atoms with Crippen LogP contribution in [0.3, 0.4) is 0 Å². The maximum atomic E-state index is 11.6. The molecule has 0 atom stereocenters. The Morgan fingerprint density at radius 1 is 1.57 bits per heavy atom. The molecule has 76 valence electrons. The number of benzene rings is 1. The first-order chi connectivity index (χ1) is 6.66. The van der Waals surface area contributed by atoms with Crippen LogP contribution >= 0.6 is 15.9 Å². The fourth-order valence-electron chi connectivity index (χ4n) is 1.07. The highest BCUT2D eigenvalue weighted by molar-refractivity contribution is 9.10. The van der Waals surface area contributed by atoms with Crippen molar-refractivity contribution in [3.63, 3.8) is 0 Å². The molecule has 0 heterocycles. The van der Waals surface area contributed by atoms with Crippen LogP contribution in [-0.2, 0) is 0 Å². The molecule has 0 aliphatic carbocycles. The molecule has 1 aromatic carbocycles. The molecule has 0 bridgehead atoms. The number of nitrogens with one attached hydrogen (secondary N) is 1. The van der Waals surface area contributed by atoms with Gasteiger partial charge >= 0.3 is 0 Å². The fraction of sp³-hybridized carbons (Fsp3) is 0.300. The summed E-state index contributed by atoms with van der Waals surface area (Å²) in [5.41, 5.74) is 6.76. The van der Waals surface area contributed by atoms with Crippen LogP contribution in [-0.4, -0.2) is 12.5 Å². The highest BCUT2D eigenvalue weighted by Gasteiger charge is 2.09. The third kappa shape index (κ3) is 2.48. The van der Waals surface area contributed by atoms with Crippen LogP contribution in [0.25, 0.3) is 0 Å². The highest BCUT2D eigenvalue weighted by atomic mass is 79.9. The van der Waals surface area contributed by atoms with Crippen molar-refractivity contribution in [3.8, 4) is 0 Å². The van der Waals surface area contributed by atoms with Gasteiger partial charge in [-0.15, -0.1) is 0 Å². The summed E-state index contributed by atoms with van der Waals surface area (Å²) in [7, 11) is 0. The summed E-state index contributed by atoms with van der Waals surface area (Å²) in [6.45, 7) is 2.68. The molecule has 1 aromatic rings. The van der Waals surface area contributed by atoms with E-state index >= 15 is 0 Å². The maximum absolute atomic E-state index is 11.6. The van der Waals surface area contributed by atoms with E-state index in [1.165, 1.54) is 0 Å². The molecule has 0 saturated heterocycles. The summed E-state index contributed by atoms with van der Waals surface area (Å²) in [4.78, 5) is 11.6. The summed E-state index contributed by atoms with van der Waals surface area (Å²) in [5.74, 6) is -0.120. The minimum absolute atomic E-state index is 0.120. The molecule has 0 aromatic heterocycles. The number of rotatable bonds is 3. The summed E-state index contributed by atoms with van der Waals surface area (Å²) in [6.07, 6.45) is 0.916. The smallest absolute Gasteiger partial charge is 0.253 e. The second kappa shape index (κ2) is 5.00. The van der Waals surface area contributed by atoms with E-state index in [1.807, 2.05) is 13.0 Å². The second-order valence-corrected chi connectivity index (χ2v) is 3.81. The van der Waals surface area contributed by atoms with Gasteiger partial charge in [-0.25, -0.2) is 0 Å². The van der Waals surface area contributed by atoms with Crippen molar-refractivity contribution in [1.82, 2.24) is 5.32 Å². The average Bonchev–Trinajstić information content (AvgIpc) is 2.18. The van der Waals surface area contributed by atoms with Crippen molar-refractivity contribution in [2.45, 2.75) is 13.3 Å². The number of hydrogen-bond donors (Lipinski definition) is 2. The molecule has 0 unspecified atom stereocenters. The Morgan fingerprint density at radius 3 is 2.93 bits per heavy atom. The molecular formula is C10H13BrN2O. The topological polar surface area (TPSA) is 55.1 Å². The molecule has 4 heteroatoms. The Kier molecular flexibility index (Phi) is 3.95. The van der Waals surface area contributed by atoms with Crippen molar-refractivity contribution in [2.24, 2.45) is 0 Å². The molecule has 1 rings (SSSR count). The van der Waals surface area contributed by atoms with Gasteiger partial charge in [-0.1, -0.05) is 13.0 Å². The van der Waals surface area contributed by atoms with Crippen LogP contribution < -0.4 is 11.1 Å². The van der Waals surface area contributed by atoms with Gasteiger partial charge in [0.1, 0.15) is 0 Å². The van der Waals surface area contributed by atoms with Crippen LogP contribution in [0, 0.1) is 0 Å². The monoisotopic (exact) mass is 256 g/mol. The molecule has 14 heavy (non-hydrogen) atoms. The van der Waals surface area contributed by atoms with E-state index in [2.05, 4.69) is 21.2 Å². The molecule has 0 saturated carbocycles. The number of carbonyl (C=O) groups is 1. The normalized spacial score (nSPS) is 9.86. The Hall–Kier alpha value is -1.03. The van der Waals surface area contributed by atoms with E-state index < -0.39 is 0 Å². The van der Waals surface area contributed by atoms with Gasteiger partial charge < -0.3 is 11.1 Å². The average molecular weight is 257 g/mol. The van der Waals surface area contributed by atoms with Crippen molar-refractivity contribution < 1.29 is 4.79 Å². The highest BCUT2D eigenvalue weighted by Crippen LogP contribution is 2.22. The lowest BCUT2D eigenvalue weighted by Crippen LogP contribution is -2.24. The zero-order chi connectivity index (χ0) is 10.6. The van der Waals surface area contributed by atoms with Gasteiger partial charge in [0.15, 0.2) is 0 Å². The molecular weight excluding hydrogens is 244 g/mol. The predicted octanol–water partition coefficient (Wildman–Crippen LogP) is 2.17. The van der Waals surface area contributed by atoms with Gasteiger partial charge in [0, 0.05) is 11.0 Å². The first kappa shape index (κ1) is 11.0. The van der Waals surface area contributed by atoms with Gasteiger partial charge in [-0.05, 0) is 34.5 Å². The summed E-state index contributed by atoms with van der Waals surface area (Å²) in [6, 6.07) is 5.32. The van der Waals surface area contributed by atoms with Gasteiger partial charge in [0.2, 0.25) is 0 Å². The predicted molar refractivity (Wildman–Crippen MR) is 61.2 cm³/mol. The zero-order valence-corrected chi connectivity index (χ0v) is 9.60. The van der Waals surface area contributed by atoms with Crippen molar-refractivity contribution >= 4 is 27.5 Å². The van der Waals surface area contributed by atoms with Crippen LogP contribution in [0.1, 0.15) is 23.7 Å². The van der Waals surface area contributed by atoms with Gasteiger partial charge in [0.05, 0.1) is 11.3 Å². The van der Waals surface area contributed by atoms with Crippen LogP contribution in [0.4, 0.5) is 5.69 Å². The molecule has 0 spiro atoms. The number of halogens is 1. The number of amides is 1. The number of carbonyl (C=O) groups excluding carboxylic acids is 1. The SMILES string of the molecule is CCCNC(=O)c1cccc(Br)c1N. The van der Waals surface area contributed by atoms with Gasteiger partial charge in [-0.3, -0.25) is 4.79 Å². The molecule has 0 aliphatic rings. The Balaban J connectivity index is 2.84. The second-order valence-electron chi connectivity index (χ2n) is 2.96. The molecule has 0 aliphatic heterocycles. The third-order valence-electron chi connectivity index (χ3n) is 1.83. The standard InChI is InChI=1S/C10H13BrN2O/c1-2-6-13-10(14)7-4-3-5-8(11)9(7)12/h3-5H,2,6,12H2,1H3,(H,13,14). The number of anilines is 1. The van der Waals surface area contributed by atoms with Crippen LogP contribution in [0.5, 0.6) is 0 Å². The lowest BCUT2D eigenvalue weighted by molar-refractivity contribution is 0.0954. The largest absolute Gasteiger partial charge is 0.397 e. The van der Waals surface area contributed by atoms with E-state index in [4.69, 9.17) is 5.73 Å². The number of nitrogens with two attached hydrogens (primary N) is 1. The fourth-order valence-corrected chi connectivity index (χ4v) is 1.43. The lowest BCUT2D eigenvalue weighted by atomic mass is 10.1. The molecule has 1 amide bonds. The minimum atomic E-state index is -0.120. The number of para-hydroxylation sites is 1. The van der Waals surface area contributed by atoms with E-state index in [1.54, 1.807) is 12.1 Å². The van der Waals surface area contributed by atoms with Gasteiger partial charge in [0.25, 0.3) is 5.91 Å². The first-order valence-electron chi connectivity index (χ1n) is 4.49. The molecule has 0 fully saturated rings. The van der Waals surface area contributed by atoms with E-state index in [9.17, 15) is 4.79 Å². The van der Waals surface area contributed by atoms with Crippen LogP contribution in [0.2, 0.25) is 0 Å². The maximum Gasteiger partial charge on any atom is 0.253 e. The summed E-state index contributed by atoms with van der Waals surface area (Å²) >= 11 is 3.28. The molecule has 0 radical (unpaired) electrons. The number of nitrogen functional groups attached to an aromatic ring is 1. The summed E-state index contributed by atoms with van der Waals surface area (Å²) < 4.78 is 0.752. The quantitative estimate of drug-likeness (QED) is 0.815. The Bertz CT molecular complexity index is 339. The third-order valence-corrected chi connectivity index (χ3v) is 2.52. The van der Waals surface area contributed by atoms with Crippen molar-refractivity contribution in [3.05, 3.63) is 28.2 Å². The molecule has 3 N–H and O–H groups in total. The molecule has 3 nitrogen and oxygen atoms in total.